The number of aromatic nitrogens is 2. The van der Waals surface area contributed by atoms with Gasteiger partial charge >= 0.3 is 0 Å². The van der Waals surface area contributed by atoms with Crippen LogP contribution in [0.4, 0.5) is 0 Å². The Kier molecular flexibility index (Phi) is 4.38. The third-order valence-electron chi connectivity index (χ3n) is 3.30. The van der Waals surface area contributed by atoms with Gasteiger partial charge in [0.05, 0.1) is 11.9 Å². The van der Waals surface area contributed by atoms with Crippen LogP contribution in [0.2, 0.25) is 0 Å². The van der Waals surface area contributed by atoms with Crippen LogP contribution in [-0.4, -0.2) is 15.3 Å². The monoisotopic (exact) mass is 257 g/mol. The lowest BCUT2D eigenvalue weighted by molar-refractivity contribution is 0.357. The van der Waals surface area contributed by atoms with Gasteiger partial charge in [0.2, 0.25) is 0 Å². The summed E-state index contributed by atoms with van der Waals surface area (Å²) in [6.45, 7) is 7.58. The number of nitrogens with one attached hydrogen (secondary N) is 1. The Balaban J connectivity index is 1.99. The van der Waals surface area contributed by atoms with E-state index in [1.807, 2.05) is 29.1 Å². The molecule has 0 aliphatic rings. The lowest BCUT2D eigenvalue weighted by Crippen LogP contribution is -2.38. The zero-order chi connectivity index (χ0) is 13.7. The van der Waals surface area contributed by atoms with Crippen LogP contribution in [0.1, 0.15) is 39.2 Å². The van der Waals surface area contributed by atoms with Gasteiger partial charge in [-0.25, -0.2) is 4.68 Å². The molecular formula is C16H23N3. The molecule has 0 saturated carbocycles. The summed E-state index contributed by atoms with van der Waals surface area (Å²) in [7, 11) is 0. The molecule has 0 radical (unpaired) electrons. The van der Waals surface area contributed by atoms with Crippen LogP contribution in [0, 0.1) is 0 Å². The van der Waals surface area contributed by atoms with E-state index < -0.39 is 0 Å². The van der Waals surface area contributed by atoms with E-state index in [2.05, 4.69) is 49.5 Å². The second-order valence-corrected chi connectivity index (χ2v) is 5.62. The molecule has 1 N–H and O–H groups in total. The summed E-state index contributed by atoms with van der Waals surface area (Å²) >= 11 is 0. The molecule has 0 bridgehead atoms. The van der Waals surface area contributed by atoms with E-state index in [1.54, 1.807) is 0 Å². The molecule has 19 heavy (non-hydrogen) atoms. The van der Waals surface area contributed by atoms with Crippen molar-refractivity contribution < 1.29 is 0 Å². The van der Waals surface area contributed by atoms with Crippen molar-refractivity contribution in [3.63, 3.8) is 0 Å². The molecule has 0 atom stereocenters. The van der Waals surface area contributed by atoms with Crippen molar-refractivity contribution >= 4 is 0 Å². The van der Waals surface area contributed by atoms with E-state index in [1.165, 1.54) is 18.4 Å². The number of hydrogen-bond donors (Lipinski definition) is 1. The van der Waals surface area contributed by atoms with Gasteiger partial charge in [-0.3, -0.25) is 0 Å². The summed E-state index contributed by atoms with van der Waals surface area (Å²) in [5, 5.41) is 8.00. The van der Waals surface area contributed by atoms with E-state index in [9.17, 15) is 0 Å². The van der Waals surface area contributed by atoms with E-state index in [0.29, 0.717) is 0 Å². The molecule has 3 nitrogen and oxygen atoms in total. The molecule has 1 aromatic carbocycles. The third-order valence-corrected chi connectivity index (χ3v) is 3.30. The first-order chi connectivity index (χ1) is 9.11. The lowest BCUT2D eigenvalue weighted by Gasteiger charge is -2.25. The molecule has 102 valence electrons. The Morgan fingerprint density at radius 2 is 1.95 bits per heavy atom. The molecule has 0 amide bonds. The maximum absolute atomic E-state index is 4.41. The van der Waals surface area contributed by atoms with E-state index >= 15 is 0 Å². The van der Waals surface area contributed by atoms with E-state index in [-0.39, 0.29) is 5.54 Å². The average Bonchev–Trinajstić information content (AvgIpc) is 2.86. The molecule has 1 heterocycles. The average molecular weight is 257 g/mol. The highest BCUT2D eigenvalue weighted by atomic mass is 15.3. The first kappa shape index (κ1) is 13.8. The van der Waals surface area contributed by atoms with Crippen LogP contribution >= 0.6 is 0 Å². The minimum Gasteiger partial charge on any atom is -0.308 e. The fourth-order valence-corrected chi connectivity index (χ4v) is 2.23. The van der Waals surface area contributed by atoms with Crippen LogP contribution in [0.25, 0.3) is 5.69 Å². The molecule has 1 aromatic heterocycles. The molecule has 0 spiro atoms. The summed E-state index contributed by atoms with van der Waals surface area (Å²) in [6, 6.07) is 10.2. The van der Waals surface area contributed by atoms with Gasteiger partial charge in [0.15, 0.2) is 0 Å². The molecule has 2 aromatic rings. The zero-order valence-electron chi connectivity index (χ0n) is 12.1. The van der Waals surface area contributed by atoms with Gasteiger partial charge < -0.3 is 5.32 Å². The Labute approximate surface area is 115 Å². The molecule has 0 aliphatic heterocycles. The van der Waals surface area contributed by atoms with E-state index in [4.69, 9.17) is 0 Å². The quantitative estimate of drug-likeness (QED) is 0.857. The van der Waals surface area contributed by atoms with Crippen molar-refractivity contribution in [1.82, 2.24) is 15.1 Å². The molecule has 0 aliphatic carbocycles. The first-order valence-corrected chi connectivity index (χ1v) is 6.95. The maximum atomic E-state index is 4.41. The Bertz CT molecular complexity index is 500. The number of nitrogens with zero attached hydrogens (tertiary/aromatic N) is 2. The summed E-state index contributed by atoms with van der Waals surface area (Å²) in [4.78, 5) is 0. The fraction of sp³-hybridized carbons (Fsp3) is 0.438. The number of para-hydroxylation sites is 1. The van der Waals surface area contributed by atoms with Gasteiger partial charge in [0, 0.05) is 23.8 Å². The highest BCUT2D eigenvalue weighted by Crippen LogP contribution is 2.13. The lowest BCUT2D eigenvalue weighted by atomic mass is 9.99. The van der Waals surface area contributed by atoms with Gasteiger partial charge in [-0.1, -0.05) is 31.5 Å². The molecule has 0 fully saturated rings. The summed E-state index contributed by atoms with van der Waals surface area (Å²) < 4.78 is 1.92. The fourth-order valence-electron chi connectivity index (χ4n) is 2.23. The SMILES string of the molecule is CCCC(C)(C)NCc1cnn(-c2ccccc2)c1. The van der Waals surface area contributed by atoms with E-state index in [0.717, 1.165) is 12.2 Å². The predicted molar refractivity (Wildman–Crippen MR) is 79.4 cm³/mol. The van der Waals surface area contributed by atoms with Crippen LogP contribution < -0.4 is 5.32 Å². The minimum absolute atomic E-state index is 0.184. The largest absolute Gasteiger partial charge is 0.308 e. The second kappa shape index (κ2) is 6.02. The Morgan fingerprint density at radius 1 is 1.21 bits per heavy atom. The Hall–Kier alpha value is -1.61. The summed E-state index contributed by atoms with van der Waals surface area (Å²) in [5.41, 5.74) is 2.50. The zero-order valence-corrected chi connectivity index (χ0v) is 12.1. The topological polar surface area (TPSA) is 29.9 Å². The van der Waals surface area contributed by atoms with Crippen LogP contribution in [0.3, 0.4) is 0 Å². The van der Waals surface area contributed by atoms with Crippen LogP contribution in [0.15, 0.2) is 42.7 Å². The second-order valence-electron chi connectivity index (χ2n) is 5.62. The predicted octanol–water partition coefficient (Wildman–Crippen LogP) is 3.54. The molecule has 2 rings (SSSR count). The Morgan fingerprint density at radius 3 is 2.63 bits per heavy atom. The summed E-state index contributed by atoms with van der Waals surface area (Å²) in [6.07, 6.45) is 6.40. The van der Waals surface area contributed by atoms with Gasteiger partial charge in [-0.15, -0.1) is 0 Å². The van der Waals surface area contributed by atoms with Crippen LogP contribution in [-0.2, 0) is 6.54 Å². The minimum atomic E-state index is 0.184. The molecule has 0 saturated heterocycles. The van der Waals surface area contributed by atoms with Crippen molar-refractivity contribution in [1.29, 1.82) is 0 Å². The van der Waals surface area contributed by atoms with Crippen LogP contribution in [0.5, 0.6) is 0 Å². The van der Waals surface area contributed by atoms with Gasteiger partial charge in [0.1, 0.15) is 0 Å². The number of rotatable bonds is 6. The molecular weight excluding hydrogens is 234 g/mol. The number of benzene rings is 1. The van der Waals surface area contributed by atoms with Gasteiger partial charge in [0.25, 0.3) is 0 Å². The number of hydrogen-bond acceptors (Lipinski definition) is 2. The highest BCUT2D eigenvalue weighted by Gasteiger charge is 2.15. The standard InChI is InChI=1S/C16H23N3/c1-4-10-16(2,3)17-11-14-12-18-19(13-14)15-8-6-5-7-9-15/h5-9,12-13,17H,4,10-11H2,1-3H3. The summed E-state index contributed by atoms with van der Waals surface area (Å²) in [5.74, 6) is 0. The third kappa shape index (κ3) is 3.93. The van der Waals surface area contributed by atoms with Crippen molar-refractivity contribution in [2.75, 3.05) is 0 Å². The highest BCUT2D eigenvalue weighted by molar-refractivity contribution is 5.30. The van der Waals surface area contributed by atoms with Crippen molar-refractivity contribution in [3.8, 4) is 5.69 Å². The normalized spacial score (nSPS) is 11.7. The van der Waals surface area contributed by atoms with Gasteiger partial charge in [-0.2, -0.15) is 5.10 Å². The molecule has 3 heteroatoms. The molecule has 0 unspecified atom stereocenters. The van der Waals surface area contributed by atoms with Gasteiger partial charge in [-0.05, 0) is 32.4 Å². The van der Waals surface area contributed by atoms with Crippen molar-refractivity contribution in [2.24, 2.45) is 0 Å². The van der Waals surface area contributed by atoms with Crippen molar-refractivity contribution in [3.05, 3.63) is 48.3 Å². The maximum Gasteiger partial charge on any atom is 0.0645 e. The first-order valence-electron chi connectivity index (χ1n) is 6.95. The van der Waals surface area contributed by atoms with Crippen molar-refractivity contribution in [2.45, 2.75) is 45.7 Å². The smallest absolute Gasteiger partial charge is 0.0645 e.